The Kier molecular flexibility index (Phi) is 4.63. The highest BCUT2D eigenvalue weighted by Gasteiger charge is 1.98. The molecule has 1 aromatic carbocycles. The lowest BCUT2D eigenvalue weighted by molar-refractivity contribution is 0.880. The summed E-state index contributed by atoms with van der Waals surface area (Å²) in [6.45, 7) is 2.74. The van der Waals surface area contributed by atoms with Crippen molar-refractivity contribution >= 4 is 23.5 Å². The highest BCUT2D eigenvalue weighted by atomic mass is 32.1. The maximum atomic E-state index is 4.99. The lowest BCUT2D eigenvalue weighted by Crippen LogP contribution is -2.31. The molecule has 0 unspecified atom stereocenters. The summed E-state index contributed by atoms with van der Waals surface area (Å²) in [5.41, 5.74) is 4.64. The van der Waals surface area contributed by atoms with Gasteiger partial charge in [0, 0.05) is 18.3 Å². The first-order valence-corrected chi connectivity index (χ1v) is 6.37. The summed E-state index contributed by atoms with van der Waals surface area (Å²) in [7, 11) is 0. The van der Waals surface area contributed by atoms with Crippen LogP contribution >= 0.6 is 12.2 Å². The van der Waals surface area contributed by atoms with Crippen molar-refractivity contribution < 1.29 is 0 Å². The third-order valence-corrected chi connectivity index (χ3v) is 2.58. The summed E-state index contributed by atoms with van der Waals surface area (Å²) in [5.74, 6) is 0. The van der Waals surface area contributed by atoms with E-state index in [0.29, 0.717) is 5.11 Å². The molecule has 0 saturated heterocycles. The first kappa shape index (κ1) is 13.2. The molecule has 5 nitrogen and oxygen atoms in total. The van der Waals surface area contributed by atoms with Crippen molar-refractivity contribution in [3.63, 3.8) is 0 Å². The number of nitrogens with one attached hydrogen (secondary N) is 2. The minimum atomic E-state index is 0.509. The third-order valence-electron chi connectivity index (χ3n) is 2.34. The predicted octanol–water partition coefficient (Wildman–Crippen LogP) is 1.69. The summed E-state index contributed by atoms with van der Waals surface area (Å²) in [6.07, 6.45) is 5.32. The van der Waals surface area contributed by atoms with E-state index in [1.807, 2.05) is 43.5 Å². The van der Waals surface area contributed by atoms with Crippen molar-refractivity contribution in [1.29, 1.82) is 0 Å². The van der Waals surface area contributed by atoms with E-state index >= 15 is 0 Å². The van der Waals surface area contributed by atoms with E-state index in [9.17, 15) is 0 Å². The molecule has 0 amide bonds. The second kappa shape index (κ2) is 6.65. The molecule has 1 heterocycles. The van der Waals surface area contributed by atoms with Gasteiger partial charge in [-0.05, 0) is 31.3 Å². The highest BCUT2D eigenvalue weighted by molar-refractivity contribution is 7.80. The number of hydrogen-bond donors (Lipinski definition) is 2. The van der Waals surface area contributed by atoms with Crippen LogP contribution < -0.4 is 10.7 Å². The molecule has 2 aromatic rings. The van der Waals surface area contributed by atoms with Crippen LogP contribution in [0, 0.1) is 0 Å². The van der Waals surface area contributed by atoms with Crippen molar-refractivity contribution in [3.05, 3.63) is 48.3 Å². The predicted molar refractivity (Wildman–Crippen MR) is 80.6 cm³/mol. The molecule has 0 radical (unpaired) electrons. The molecule has 0 atom stereocenters. The molecule has 6 heteroatoms. The van der Waals surface area contributed by atoms with Crippen LogP contribution in [-0.4, -0.2) is 27.7 Å². The summed E-state index contributed by atoms with van der Waals surface area (Å²) in [5, 5.41) is 11.8. The van der Waals surface area contributed by atoms with Gasteiger partial charge in [-0.3, -0.25) is 5.43 Å². The van der Waals surface area contributed by atoms with Crippen LogP contribution in [-0.2, 0) is 0 Å². The van der Waals surface area contributed by atoms with Crippen molar-refractivity contribution in [2.45, 2.75) is 6.92 Å². The number of hydrogen-bond acceptors (Lipinski definition) is 3. The van der Waals surface area contributed by atoms with Crippen LogP contribution in [0.1, 0.15) is 12.5 Å². The summed E-state index contributed by atoms with van der Waals surface area (Å²) >= 11 is 4.99. The maximum Gasteiger partial charge on any atom is 0.186 e. The first-order valence-electron chi connectivity index (χ1n) is 5.96. The maximum absolute atomic E-state index is 4.99. The van der Waals surface area contributed by atoms with Gasteiger partial charge in [0.2, 0.25) is 0 Å². The van der Waals surface area contributed by atoms with Gasteiger partial charge in [0.15, 0.2) is 5.11 Å². The Morgan fingerprint density at radius 1 is 1.42 bits per heavy atom. The van der Waals surface area contributed by atoms with Crippen LogP contribution in [0.3, 0.4) is 0 Å². The number of aromatic nitrogens is 2. The Bertz CT molecular complexity index is 561. The second-order valence-corrected chi connectivity index (χ2v) is 4.19. The molecular formula is C13H15N5S. The zero-order valence-corrected chi connectivity index (χ0v) is 11.4. The largest absolute Gasteiger partial charge is 0.362 e. The number of hydrazone groups is 1. The van der Waals surface area contributed by atoms with Crippen LogP contribution in [0.25, 0.3) is 5.69 Å². The van der Waals surface area contributed by atoms with Crippen molar-refractivity contribution in [1.82, 2.24) is 20.5 Å². The lowest BCUT2D eigenvalue weighted by Gasteiger charge is -2.01. The molecule has 2 rings (SSSR count). The molecule has 0 fully saturated rings. The van der Waals surface area contributed by atoms with E-state index in [4.69, 9.17) is 12.2 Å². The van der Waals surface area contributed by atoms with Gasteiger partial charge in [-0.15, -0.1) is 0 Å². The van der Waals surface area contributed by atoms with Crippen molar-refractivity contribution in [3.8, 4) is 5.69 Å². The van der Waals surface area contributed by atoms with Gasteiger partial charge in [0.05, 0.1) is 18.1 Å². The first-order chi connectivity index (χ1) is 9.29. The van der Waals surface area contributed by atoms with Crippen molar-refractivity contribution in [2.24, 2.45) is 5.10 Å². The molecule has 19 heavy (non-hydrogen) atoms. The topological polar surface area (TPSA) is 54.2 Å². The third kappa shape index (κ3) is 3.89. The number of benzene rings is 1. The van der Waals surface area contributed by atoms with Gasteiger partial charge in [0.1, 0.15) is 0 Å². The Morgan fingerprint density at radius 3 is 2.95 bits per heavy atom. The average Bonchev–Trinajstić information content (AvgIpc) is 2.89. The molecule has 0 aliphatic heterocycles. The van der Waals surface area contributed by atoms with E-state index in [1.165, 1.54) is 0 Å². The Labute approximate surface area is 117 Å². The molecule has 98 valence electrons. The van der Waals surface area contributed by atoms with Gasteiger partial charge in [-0.2, -0.15) is 10.2 Å². The average molecular weight is 273 g/mol. The molecule has 2 N–H and O–H groups in total. The fourth-order valence-electron chi connectivity index (χ4n) is 1.49. The fourth-order valence-corrected chi connectivity index (χ4v) is 1.69. The van der Waals surface area contributed by atoms with E-state index in [0.717, 1.165) is 17.8 Å². The molecule has 0 bridgehead atoms. The monoisotopic (exact) mass is 273 g/mol. The number of thiocarbonyl (C=S) groups is 1. The smallest absolute Gasteiger partial charge is 0.186 e. The van der Waals surface area contributed by atoms with Crippen molar-refractivity contribution in [2.75, 3.05) is 6.54 Å². The number of nitrogens with zero attached hydrogens (tertiary/aromatic N) is 3. The van der Waals surface area contributed by atoms with E-state index in [1.54, 1.807) is 17.1 Å². The van der Waals surface area contributed by atoms with E-state index in [-0.39, 0.29) is 0 Å². The normalized spacial score (nSPS) is 10.6. The van der Waals surface area contributed by atoms with Gasteiger partial charge >= 0.3 is 0 Å². The SMILES string of the molecule is CCNC(=S)N/N=C\c1cnn(-c2ccccc2)c1. The fraction of sp³-hybridized carbons (Fsp3) is 0.154. The summed E-state index contributed by atoms with van der Waals surface area (Å²) in [4.78, 5) is 0. The molecule has 0 aliphatic carbocycles. The number of para-hydroxylation sites is 1. The molecule has 0 spiro atoms. The van der Waals surface area contributed by atoms with Gasteiger partial charge < -0.3 is 5.32 Å². The minimum Gasteiger partial charge on any atom is -0.362 e. The van der Waals surface area contributed by atoms with Crippen LogP contribution in [0.2, 0.25) is 0 Å². The van der Waals surface area contributed by atoms with Crippen LogP contribution in [0.5, 0.6) is 0 Å². The van der Waals surface area contributed by atoms with E-state index in [2.05, 4.69) is 20.9 Å². The molecule has 1 aromatic heterocycles. The van der Waals surface area contributed by atoms with Gasteiger partial charge in [0.25, 0.3) is 0 Å². The summed E-state index contributed by atoms with van der Waals surface area (Å²) < 4.78 is 1.80. The minimum absolute atomic E-state index is 0.509. The van der Waals surface area contributed by atoms with Crippen LogP contribution in [0.15, 0.2) is 47.8 Å². The van der Waals surface area contributed by atoms with E-state index < -0.39 is 0 Å². The quantitative estimate of drug-likeness (QED) is 0.506. The Hall–Kier alpha value is -2.21. The molecular weight excluding hydrogens is 258 g/mol. The second-order valence-electron chi connectivity index (χ2n) is 3.78. The van der Waals surface area contributed by atoms with Gasteiger partial charge in [-0.25, -0.2) is 4.68 Å². The highest BCUT2D eigenvalue weighted by Crippen LogP contribution is 2.06. The molecule has 0 aliphatic rings. The Morgan fingerprint density at radius 2 is 2.21 bits per heavy atom. The molecule has 0 saturated carbocycles. The zero-order chi connectivity index (χ0) is 13.5. The number of rotatable bonds is 4. The standard InChI is InChI=1S/C13H15N5S/c1-2-14-13(19)17-15-8-11-9-16-18(10-11)12-6-4-3-5-7-12/h3-10H,2H2,1H3,(H2,14,17,19)/b15-8-. The van der Waals surface area contributed by atoms with Gasteiger partial charge in [-0.1, -0.05) is 18.2 Å². The summed E-state index contributed by atoms with van der Waals surface area (Å²) in [6, 6.07) is 9.91. The zero-order valence-electron chi connectivity index (χ0n) is 10.6. The lowest BCUT2D eigenvalue weighted by atomic mass is 10.3. The van der Waals surface area contributed by atoms with Crippen LogP contribution in [0.4, 0.5) is 0 Å². The Balaban J connectivity index is 1.98.